The molecule has 5 aliphatic rings. The van der Waals surface area contributed by atoms with Crippen molar-refractivity contribution in [2.45, 2.75) is 118 Å². The Bertz CT molecular complexity index is 754. The Morgan fingerprint density at radius 2 is 1.59 bits per heavy atom. The van der Waals surface area contributed by atoms with E-state index < -0.39 is 5.79 Å². The summed E-state index contributed by atoms with van der Waals surface area (Å²) in [6.07, 6.45) is 14.5. The van der Waals surface area contributed by atoms with E-state index in [9.17, 15) is 4.79 Å². The Labute approximate surface area is 209 Å². The average Bonchev–Trinajstić information content (AvgIpc) is 3.38. The monoisotopic (exact) mass is 472 g/mol. The molecule has 3 heteroatoms. The maximum absolute atomic E-state index is 12.9. The lowest BCUT2D eigenvalue weighted by molar-refractivity contribution is -0.255. The predicted octanol–water partition coefficient (Wildman–Crippen LogP) is 7.67. The third-order valence-corrected chi connectivity index (χ3v) is 12.2. The van der Waals surface area contributed by atoms with Crippen LogP contribution < -0.4 is 0 Å². The molecule has 3 nitrogen and oxygen atoms in total. The van der Waals surface area contributed by atoms with Crippen LogP contribution in [0.1, 0.15) is 112 Å². The number of Topliss-reactive ketones (excluding diaryl/α,β-unsaturated/α-hetero) is 1. The number of carbonyl (C=O) groups excluding carboxylic acids is 1. The van der Waals surface area contributed by atoms with Crippen molar-refractivity contribution in [2.75, 3.05) is 13.2 Å². The fourth-order valence-electron chi connectivity index (χ4n) is 10.5. The molecule has 1 saturated heterocycles. The van der Waals surface area contributed by atoms with Gasteiger partial charge in [-0.2, -0.15) is 0 Å². The summed E-state index contributed by atoms with van der Waals surface area (Å²) in [5.41, 5.74) is 0.803. The van der Waals surface area contributed by atoms with Crippen LogP contribution in [0.25, 0.3) is 0 Å². The van der Waals surface area contributed by atoms with Crippen molar-refractivity contribution < 1.29 is 14.3 Å². The molecule has 5 rings (SSSR count). The zero-order valence-corrected chi connectivity index (χ0v) is 23.0. The van der Waals surface area contributed by atoms with Gasteiger partial charge in [-0.05, 0) is 104 Å². The van der Waals surface area contributed by atoms with Crippen LogP contribution in [0.5, 0.6) is 0 Å². The van der Waals surface area contributed by atoms with Gasteiger partial charge >= 0.3 is 0 Å². The number of rotatable bonds is 6. The molecule has 0 amide bonds. The third kappa shape index (κ3) is 3.94. The average molecular weight is 473 g/mol. The normalized spacial score (nSPS) is 46.2. The summed E-state index contributed by atoms with van der Waals surface area (Å²) in [5, 5.41) is 0. The first kappa shape index (κ1) is 25.2. The van der Waals surface area contributed by atoms with Gasteiger partial charge in [0.05, 0.1) is 19.1 Å². The molecule has 9 atom stereocenters. The van der Waals surface area contributed by atoms with Gasteiger partial charge in [0.25, 0.3) is 0 Å². The van der Waals surface area contributed by atoms with Gasteiger partial charge in [-0.1, -0.05) is 53.9 Å². The first-order chi connectivity index (χ1) is 16.1. The van der Waals surface area contributed by atoms with E-state index >= 15 is 0 Å². The third-order valence-electron chi connectivity index (χ3n) is 12.2. The van der Waals surface area contributed by atoms with E-state index in [-0.39, 0.29) is 17.1 Å². The largest absolute Gasteiger partial charge is 0.347 e. The molecule has 0 aromatic heterocycles. The summed E-state index contributed by atoms with van der Waals surface area (Å²) in [7, 11) is 0. The van der Waals surface area contributed by atoms with Crippen molar-refractivity contribution in [3.63, 3.8) is 0 Å². The van der Waals surface area contributed by atoms with Crippen LogP contribution in [0, 0.1) is 58.2 Å². The summed E-state index contributed by atoms with van der Waals surface area (Å²) in [6.45, 7) is 15.6. The number of ether oxygens (including phenoxy) is 2. The van der Waals surface area contributed by atoms with E-state index in [2.05, 4.69) is 34.6 Å². The van der Waals surface area contributed by atoms with Crippen LogP contribution in [0.15, 0.2) is 0 Å². The highest BCUT2D eigenvalue weighted by Crippen LogP contribution is 2.69. The lowest BCUT2D eigenvalue weighted by atomic mass is 9.43. The molecule has 4 aliphatic carbocycles. The smallest absolute Gasteiger partial charge is 0.178 e. The van der Waals surface area contributed by atoms with Gasteiger partial charge in [0.15, 0.2) is 5.79 Å². The van der Waals surface area contributed by atoms with Crippen LogP contribution in [-0.2, 0) is 14.3 Å². The molecule has 0 bridgehead atoms. The predicted molar refractivity (Wildman–Crippen MR) is 137 cm³/mol. The summed E-state index contributed by atoms with van der Waals surface area (Å²) in [5.74, 6) is 5.36. The molecule has 1 spiro atoms. The van der Waals surface area contributed by atoms with Gasteiger partial charge in [-0.15, -0.1) is 0 Å². The highest BCUT2D eigenvalue weighted by Gasteiger charge is 2.65. The highest BCUT2D eigenvalue weighted by molar-refractivity contribution is 5.79. The maximum atomic E-state index is 12.9. The van der Waals surface area contributed by atoms with Crippen LogP contribution >= 0.6 is 0 Å². The van der Waals surface area contributed by atoms with E-state index in [1.165, 1.54) is 57.8 Å². The van der Waals surface area contributed by atoms with Crippen LogP contribution in [0.4, 0.5) is 0 Å². The lowest BCUT2D eigenvalue weighted by Crippen LogP contribution is -2.60. The summed E-state index contributed by atoms with van der Waals surface area (Å²) < 4.78 is 12.4. The first-order valence-corrected chi connectivity index (χ1v) is 14.9. The Morgan fingerprint density at radius 1 is 0.882 bits per heavy atom. The minimum Gasteiger partial charge on any atom is -0.347 e. The van der Waals surface area contributed by atoms with Crippen molar-refractivity contribution in [1.29, 1.82) is 0 Å². The molecule has 0 unspecified atom stereocenters. The summed E-state index contributed by atoms with van der Waals surface area (Å²) >= 11 is 0. The Kier molecular flexibility index (Phi) is 6.80. The fourth-order valence-corrected chi connectivity index (χ4v) is 10.5. The molecule has 5 fully saturated rings. The summed E-state index contributed by atoms with van der Waals surface area (Å²) in [6, 6.07) is 0. The number of fused-ring (bicyclic) bond motifs is 5. The molecular formula is C31H52O3. The SMILES string of the molecule is CC(=O)[C@H]1C[C@@]2(C)[C@@H](CC[C@H]3[C@H]2CC[C@]2(C)[C@@H]3CC[C@H]2[C@H](C)CCCC(C)C)CC12OCCO2. The lowest BCUT2D eigenvalue weighted by Gasteiger charge is -2.63. The van der Waals surface area contributed by atoms with E-state index in [1.54, 1.807) is 6.92 Å². The van der Waals surface area contributed by atoms with Crippen LogP contribution in [0.3, 0.4) is 0 Å². The van der Waals surface area contributed by atoms with Crippen molar-refractivity contribution >= 4 is 5.78 Å². The molecule has 34 heavy (non-hydrogen) atoms. The zero-order valence-electron chi connectivity index (χ0n) is 23.0. The van der Waals surface area contributed by atoms with Gasteiger partial charge in [0, 0.05) is 6.42 Å². The van der Waals surface area contributed by atoms with Gasteiger partial charge in [0.1, 0.15) is 5.78 Å². The van der Waals surface area contributed by atoms with Crippen molar-refractivity contribution in [3.05, 3.63) is 0 Å². The molecule has 0 aromatic carbocycles. The topological polar surface area (TPSA) is 35.5 Å². The molecule has 4 saturated carbocycles. The van der Waals surface area contributed by atoms with Gasteiger partial charge < -0.3 is 9.47 Å². The van der Waals surface area contributed by atoms with E-state index in [1.807, 2.05) is 0 Å². The van der Waals surface area contributed by atoms with E-state index in [0.29, 0.717) is 24.5 Å². The Hall–Kier alpha value is -0.410. The minimum absolute atomic E-state index is 0.0828. The standard InChI is InChI=1S/C31H52O3/c1-20(2)8-7-9-21(3)25-12-13-26-24-11-10-23-18-31(33-16-17-34-31)28(22(4)32)19-30(23,6)27(24)14-15-29(25,26)5/h20-21,23-28H,7-19H2,1-6H3/t21-,23+,24-,25+,26-,27-,28-,29+,30+/m1/s1. The molecule has 0 radical (unpaired) electrons. The molecule has 1 aliphatic heterocycles. The Morgan fingerprint density at radius 3 is 2.26 bits per heavy atom. The highest BCUT2D eigenvalue weighted by atomic mass is 16.7. The number of hydrogen-bond donors (Lipinski definition) is 0. The van der Waals surface area contributed by atoms with E-state index in [0.717, 1.165) is 48.3 Å². The molecule has 0 aromatic rings. The van der Waals surface area contributed by atoms with E-state index in [4.69, 9.17) is 9.47 Å². The molecule has 1 heterocycles. The molecule has 0 N–H and O–H groups in total. The number of hydrogen-bond acceptors (Lipinski definition) is 3. The van der Waals surface area contributed by atoms with Crippen LogP contribution in [-0.4, -0.2) is 24.8 Å². The van der Waals surface area contributed by atoms with Crippen LogP contribution in [0.2, 0.25) is 0 Å². The van der Waals surface area contributed by atoms with Gasteiger partial charge in [0.2, 0.25) is 0 Å². The number of ketones is 1. The van der Waals surface area contributed by atoms with Crippen molar-refractivity contribution in [1.82, 2.24) is 0 Å². The molecule has 194 valence electrons. The fraction of sp³-hybridized carbons (Fsp3) is 0.968. The maximum Gasteiger partial charge on any atom is 0.178 e. The Balaban J connectivity index is 1.33. The second kappa shape index (κ2) is 9.16. The first-order valence-electron chi connectivity index (χ1n) is 14.9. The molecular weight excluding hydrogens is 420 g/mol. The van der Waals surface area contributed by atoms with Crippen molar-refractivity contribution in [2.24, 2.45) is 58.2 Å². The van der Waals surface area contributed by atoms with Gasteiger partial charge in [-0.25, -0.2) is 0 Å². The number of carbonyl (C=O) groups is 1. The van der Waals surface area contributed by atoms with Crippen molar-refractivity contribution in [3.8, 4) is 0 Å². The summed E-state index contributed by atoms with van der Waals surface area (Å²) in [4.78, 5) is 12.9. The zero-order chi connectivity index (χ0) is 24.3. The second-order valence-electron chi connectivity index (χ2n) is 14.3. The van der Waals surface area contributed by atoms with Gasteiger partial charge in [-0.3, -0.25) is 4.79 Å². The minimum atomic E-state index is -0.615. The second-order valence-corrected chi connectivity index (χ2v) is 14.3. The quantitative estimate of drug-likeness (QED) is 0.398.